The smallest absolute Gasteiger partial charge is 0.00944 e. The fourth-order valence-electron chi connectivity index (χ4n) is 0. The van der Waals surface area contributed by atoms with E-state index in [9.17, 15) is 0 Å². The van der Waals surface area contributed by atoms with Crippen molar-refractivity contribution in [3.05, 3.63) is 0 Å². The van der Waals surface area contributed by atoms with Crippen molar-refractivity contribution in [2.24, 2.45) is 5.73 Å². The number of nitrogens with two attached hydrogens (primary N) is 1. The summed E-state index contributed by atoms with van der Waals surface area (Å²) < 4.78 is 0. The molecule has 0 aliphatic heterocycles. The maximum atomic E-state index is 5.53. The highest BCUT2D eigenvalue weighted by molar-refractivity contribution is 5.86. The van der Waals surface area contributed by atoms with E-state index >= 15 is 0 Å². The molecule has 2 N–H and O–H groups in total. The van der Waals surface area contributed by atoms with Crippen LogP contribution < -0.4 is 5.73 Å². The molecule has 0 radical (unpaired) electrons. The third kappa shape index (κ3) is 28.1. The highest BCUT2D eigenvalue weighted by Gasteiger charge is 2.03. The Bertz CT molecular complexity index is 42.0. The minimum absolute atomic E-state index is 0. The third-order valence-electron chi connectivity index (χ3n) is 0.911. The van der Waals surface area contributed by atoms with Crippen LogP contribution in [0.5, 0.6) is 0 Å². The van der Waals surface area contributed by atoms with Gasteiger partial charge in [0, 0.05) is 5.54 Å². The van der Waals surface area contributed by atoms with E-state index in [1.165, 1.54) is 0 Å². The molecule has 0 aliphatic rings. The van der Waals surface area contributed by atoms with Crippen LogP contribution >= 0.6 is 37.2 Å². The summed E-state index contributed by atoms with van der Waals surface area (Å²) in [4.78, 5) is 0. The average molecular weight is 197 g/mol. The molecule has 1 nitrogen and oxygen atoms in total. The topological polar surface area (TPSA) is 26.0 Å². The molecule has 4 heteroatoms. The molecule has 0 aromatic carbocycles. The Kier molecular flexibility index (Phi) is 22.1. The van der Waals surface area contributed by atoms with Gasteiger partial charge in [0.25, 0.3) is 0 Å². The van der Waals surface area contributed by atoms with E-state index in [1.54, 1.807) is 0 Å². The molecule has 0 amide bonds. The summed E-state index contributed by atoms with van der Waals surface area (Å²) in [7, 11) is 0. The molecule has 0 aliphatic carbocycles. The van der Waals surface area contributed by atoms with Gasteiger partial charge in [-0.25, -0.2) is 0 Å². The summed E-state index contributed by atoms with van der Waals surface area (Å²) in [6.07, 6.45) is 1.05. The van der Waals surface area contributed by atoms with Crippen LogP contribution in [0.15, 0.2) is 0 Å². The molecular weight excluding hydrogens is 180 g/mol. The first-order valence-electron chi connectivity index (χ1n) is 2.35. The van der Waals surface area contributed by atoms with Crippen molar-refractivity contribution in [1.82, 2.24) is 0 Å². The second-order valence-corrected chi connectivity index (χ2v) is 2.34. The van der Waals surface area contributed by atoms with Crippen LogP contribution in [0.25, 0.3) is 0 Å². The van der Waals surface area contributed by atoms with E-state index in [2.05, 4.69) is 6.92 Å². The van der Waals surface area contributed by atoms with E-state index in [-0.39, 0.29) is 42.8 Å². The predicted octanol–water partition coefficient (Wildman–Crippen LogP) is 2.40. The summed E-state index contributed by atoms with van der Waals surface area (Å²) in [5, 5.41) is 0. The van der Waals surface area contributed by atoms with Gasteiger partial charge >= 0.3 is 0 Å². The first kappa shape index (κ1) is 22.5. The van der Waals surface area contributed by atoms with Gasteiger partial charge in [-0.15, -0.1) is 37.2 Å². The monoisotopic (exact) mass is 195 g/mol. The fraction of sp³-hybridized carbons (Fsp3) is 1.00. The van der Waals surface area contributed by atoms with Gasteiger partial charge in [-0.3, -0.25) is 0 Å². The standard InChI is InChI=1S/C5H13N.3ClH/c1-4-5(2,3)6;;;/h4,6H2,1-3H3;3*1H. The second-order valence-electron chi connectivity index (χ2n) is 2.34. The van der Waals surface area contributed by atoms with Crippen LogP contribution in [0.4, 0.5) is 0 Å². The van der Waals surface area contributed by atoms with Gasteiger partial charge in [0.2, 0.25) is 0 Å². The van der Waals surface area contributed by atoms with Gasteiger partial charge < -0.3 is 5.73 Å². The van der Waals surface area contributed by atoms with Crippen molar-refractivity contribution in [2.45, 2.75) is 32.7 Å². The van der Waals surface area contributed by atoms with Gasteiger partial charge in [-0.1, -0.05) is 6.92 Å². The Labute approximate surface area is 76.0 Å². The Balaban J connectivity index is -0.0000000417. The largest absolute Gasteiger partial charge is 0.326 e. The highest BCUT2D eigenvalue weighted by atomic mass is 35.5. The Hall–Kier alpha value is 0.830. The zero-order valence-electron chi connectivity index (χ0n) is 6.01. The van der Waals surface area contributed by atoms with Crippen molar-refractivity contribution >= 4 is 37.2 Å². The van der Waals surface area contributed by atoms with E-state index in [1.807, 2.05) is 13.8 Å². The predicted molar refractivity (Wildman–Crippen MR) is 50.3 cm³/mol. The molecule has 0 bridgehead atoms. The summed E-state index contributed by atoms with van der Waals surface area (Å²) >= 11 is 0. The van der Waals surface area contributed by atoms with E-state index in [0.717, 1.165) is 6.42 Å². The molecule has 0 saturated carbocycles. The molecule has 0 spiro atoms. The van der Waals surface area contributed by atoms with Crippen molar-refractivity contribution in [3.63, 3.8) is 0 Å². The molecule has 0 rings (SSSR count). The molecular formula is C5H16Cl3N. The van der Waals surface area contributed by atoms with Gasteiger partial charge in [0.05, 0.1) is 0 Å². The maximum absolute atomic E-state index is 5.53. The first-order valence-corrected chi connectivity index (χ1v) is 2.35. The van der Waals surface area contributed by atoms with Crippen molar-refractivity contribution in [1.29, 1.82) is 0 Å². The van der Waals surface area contributed by atoms with Crippen molar-refractivity contribution < 1.29 is 0 Å². The van der Waals surface area contributed by atoms with Crippen LogP contribution in [-0.2, 0) is 0 Å². The maximum Gasteiger partial charge on any atom is 0.00944 e. The lowest BCUT2D eigenvalue weighted by molar-refractivity contribution is 0.501. The molecule has 0 fully saturated rings. The van der Waals surface area contributed by atoms with Gasteiger partial charge in [-0.2, -0.15) is 0 Å². The molecule has 0 unspecified atom stereocenters. The van der Waals surface area contributed by atoms with Crippen LogP contribution in [0.1, 0.15) is 27.2 Å². The highest BCUT2D eigenvalue weighted by Crippen LogP contribution is 1.99. The Morgan fingerprint density at radius 1 is 1.11 bits per heavy atom. The molecule has 0 atom stereocenters. The molecule has 0 saturated heterocycles. The zero-order valence-corrected chi connectivity index (χ0v) is 8.46. The quantitative estimate of drug-likeness (QED) is 0.685. The zero-order chi connectivity index (χ0) is 5.21. The lowest BCUT2D eigenvalue weighted by atomic mass is 10.1. The van der Waals surface area contributed by atoms with E-state index in [0.29, 0.717) is 0 Å². The molecule has 0 heterocycles. The van der Waals surface area contributed by atoms with Gasteiger partial charge in [0.1, 0.15) is 0 Å². The van der Waals surface area contributed by atoms with Crippen LogP contribution in [-0.4, -0.2) is 5.54 Å². The molecule has 62 valence electrons. The van der Waals surface area contributed by atoms with Crippen molar-refractivity contribution in [3.8, 4) is 0 Å². The summed E-state index contributed by atoms with van der Waals surface area (Å²) in [6, 6.07) is 0. The SMILES string of the molecule is CCC(C)(C)N.Cl.Cl.Cl. The fourth-order valence-corrected chi connectivity index (χ4v) is 0. The molecule has 0 aromatic heterocycles. The summed E-state index contributed by atoms with van der Waals surface area (Å²) in [6.45, 7) is 6.12. The van der Waals surface area contributed by atoms with Crippen LogP contribution in [0, 0.1) is 0 Å². The van der Waals surface area contributed by atoms with Crippen LogP contribution in [0.3, 0.4) is 0 Å². The van der Waals surface area contributed by atoms with E-state index in [4.69, 9.17) is 5.73 Å². The van der Waals surface area contributed by atoms with Gasteiger partial charge in [0.15, 0.2) is 0 Å². The first-order chi connectivity index (χ1) is 2.56. The lowest BCUT2D eigenvalue weighted by Crippen LogP contribution is -2.30. The van der Waals surface area contributed by atoms with E-state index < -0.39 is 0 Å². The number of rotatable bonds is 1. The summed E-state index contributed by atoms with van der Waals surface area (Å²) in [5.41, 5.74) is 5.58. The Morgan fingerprint density at radius 2 is 1.22 bits per heavy atom. The lowest BCUT2D eigenvalue weighted by Gasteiger charge is -2.13. The summed E-state index contributed by atoms with van der Waals surface area (Å²) in [5.74, 6) is 0. The second kappa shape index (κ2) is 8.83. The molecule has 0 aromatic rings. The Morgan fingerprint density at radius 3 is 1.22 bits per heavy atom. The minimum Gasteiger partial charge on any atom is -0.326 e. The van der Waals surface area contributed by atoms with Crippen molar-refractivity contribution in [2.75, 3.05) is 0 Å². The number of hydrogen-bond donors (Lipinski definition) is 1. The number of halogens is 3. The van der Waals surface area contributed by atoms with Gasteiger partial charge in [-0.05, 0) is 20.3 Å². The third-order valence-corrected chi connectivity index (χ3v) is 0.911. The normalized spacial score (nSPS) is 8.00. The molecule has 9 heavy (non-hydrogen) atoms. The minimum atomic E-state index is 0. The average Bonchev–Trinajstić information content (AvgIpc) is 1.35. The number of hydrogen-bond acceptors (Lipinski definition) is 1. The van der Waals surface area contributed by atoms with Crippen LogP contribution in [0.2, 0.25) is 0 Å².